The van der Waals surface area contributed by atoms with Crippen LogP contribution in [0.25, 0.3) is 0 Å². The van der Waals surface area contributed by atoms with Crippen LogP contribution in [0.1, 0.15) is 6.04 Å². The van der Waals surface area contributed by atoms with Crippen LogP contribution in [0.15, 0.2) is 16.9 Å². The highest BCUT2D eigenvalue weighted by Crippen LogP contribution is 2.11. The molecule has 0 spiro atoms. The molecule has 1 unspecified atom stereocenters. The van der Waals surface area contributed by atoms with Crippen LogP contribution in [0.5, 0.6) is 0 Å². The molecule has 1 aromatic rings. The Labute approximate surface area is 78.9 Å². The van der Waals surface area contributed by atoms with E-state index in [9.17, 15) is 0 Å². The first kappa shape index (κ1) is 9.23. The molecule has 0 amide bonds. The number of hydrogen-bond donors (Lipinski definition) is 0. The Morgan fingerprint density at radius 2 is 2.67 bits per heavy atom. The van der Waals surface area contributed by atoms with Gasteiger partial charge < -0.3 is 4.74 Å². The van der Waals surface area contributed by atoms with Gasteiger partial charge in [-0.3, -0.25) is 4.68 Å². The lowest BCUT2D eigenvalue weighted by Gasteiger charge is -2.06. The third-order valence-corrected chi connectivity index (χ3v) is 1.77. The van der Waals surface area contributed by atoms with Crippen LogP contribution in [0.3, 0.4) is 0 Å². The van der Waals surface area contributed by atoms with Crippen molar-refractivity contribution in [2.24, 2.45) is 0 Å². The van der Waals surface area contributed by atoms with Crippen LogP contribution in [0.4, 0.5) is 0 Å². The summed E-state index contributed by atoms with van der Waals surface area (Å²) in [4.78, 5) is 0. The molecule has 0 saturated carbocycles. The third-order valence-electron chi connectivity index (χ3n) is 1.36. The number of aromatic nitrogens is 2. The number of hydrogen-bond acceptors (Lipinski definition) is 3. The van der Waals surface area contributed by atoms with Crippen LogP contribution < -0.4 is 0 Å². The molecule has 64 valence electrons. The van der Waals surface area contributed by atoms with Crippen LogP contribution in [-0.2, 0) is 4.74 Å². The number of nitriles is 1. The number of rotatable bonds is 3. The molecule has 0 aliphatic heterocycles. The van der Waals surface area contributed by atoms with E-state index < -0.39 is 0 Å². The minimum atomic E-state index is -0.346. The molecule has 0 aliphatic rings. The second kappa shape index (κ2) is 4.24. The van der Waals surface area contributed by atoms with Crippen molar-refractivity contribution in [2.45, 2.75) is 6.04 Å². The van der Waals surface area contributed by atoms with E-state index in [0.717, 1.165) is 4.47 Å². The number of methoxy groups -OCH3 is 1. The molecule has 1 aromatic heterocycles. The first-order valence-corrected chi connectivity index (χ1v) is 4.15. The average Bonchev–Trinajstić information content (AvgIpc) is 2.47. The number of nitrogens with zero attached hydrogens (tertiary/aromatic N) is 3. The molecule has 1 atom stereocenters. The topological polar surface area (TPSA) is 50.8 Å². The fourth-order valence-electron chi connectivity index (χ4n) is 0.816. The molecular formula is C7H8BrN3O. The molecule has 0 bridgehead atoms. The van der Waals surface area contributed by atoms with E-state index in [-0.39, 0.29) is 6.04 Å². The second-order valence-electron chi connectivity index (χ2n) is 2.24. The van der Waals surface area contributed by atoms with E-state index in [1.807, 2.05) is 0 Å². The predicted octanol–water partition coefficient (Wildman–Crippen LogP) is 1.36. The first-order chi connectivity index (χ1) is 5.77. The third kappa shape index (κ3) is 2.06. The Morgan fingerprint density at radius 3 is 3.08 bits per heavy atom. The van der Waals surface area contributed by atoms with Crippen molar-refractivity contribution < 1.29 is 4.74 Å². The van der Waals surface area contributed by atoms with Crippen molar-refractivity contribution in [2.75, 3.05) is 13.7 Å². The maximum absolute atomic E-state index is 8.71. The quantitative estimate of drug-likeness (QED) is 0.787. The summed E-state index contributed by atoms with van der Waals surface area (Å²) in [5, 5.41) is 12.7. The smallest absolute Gasteiger partial charge is 0.161 e. The number of halogens is 1. The molecule has 0 aromatic carbocycles. The standard InChI is InChI=1S/C7H8BrN3O/c1-12-5-7(2-9)11-4-6(8)3-10-11/h3-4,7H,5H2,1H3. The van der Waals surface area contributed by atoms with E-state index in [0.29, 0.717) is 6.61 Å². The van der Waals surface area contributed by atoms with Gasteiger partial charge in [-0.05, 0) is 15.9 Å². The van der Waals surface area contributed by atoms with Gasteiger partial charge in [-0.25, -0.2) is 0 Å². The lowest BCUT2D eigenvalue weighted by atomic mass is 10.4. The molecule has 12 heavy (non-hydrogen) atoms. The minimum absolute atomic E-state index is 0.346. The molecule has 0 N–H and O–H groups in total. The van der Waals surface area contributed by atoms with Crippen LogP contribution in [-0.4, -0.2) is 23.5 Å². The Kier molecular flexibility index (Phi) is 3.26. The zero-order chi connectivity index (χ0) is 8.97. The second-order valence-corrected chi connectivity index (χ2v) is 3.15. The molecule has 1 rings (SSSR count). The van der Waals surface area contributed by atoms with Crippen molar-refractivity contribution in [3.8, 4) is 6.07 Å². The number of ether oxygens (including phenoxy) is 1. The Bertz CT molecular complexity index is 291. The normalized spacial score (nSPS) is 12.4. The van der Waals surface area contributed by atoms with Gasteiger partial charge in [0.05, 0.1) is 23.3 Å². The molecule has 1 heterocycles. The van der Waals surface area contributed by atoms with Gasteiger partial charge in [0.2, 0.25) is 0 Å². The highest BCUT2D eigenvalue weighted by molar-refractivity contribution is 9.10. The summed E-state index contributed by atoms with van der Waals surface area (Å²) in [7, 11) is 1.56. The van der Waals surface area contributed by atoms with E-state index >= 15 is 0 Å². The minimum Gasteiger partial charge on any atom is -0.381 e. The van der Waals surface area contributed by atoms with Crippen LogP contribution >= 0.6 is 15.9 Å². The average molecular weight is 230 g/mol. The SMILES string of the molecule is COCC(C#N)n1cc(Br)cn1. The van der Waals surface area contributed by atoms with Crippen molar-refractivity contribution in [1.29, 1.82) is 5.26 Å². The van der Waals surface area contributed by atoms with Crippen molar-refractivity contribution in [3.05, 3.63) is 16.9 Å². The van der Waals surface area contributed by atoms with Crippen LogP contribution in [0.2, 0.25) is 0 Å². The van der Waals surface area contributed by atoms with E-state index in [1.54, 1.807) is 24.2 Å². The van der Waals surface area contributed by atoms with Crippen molar-refractivity contribution >= 4 is 15.9 Å². The maximum atomic E-state index is 8.71. The molecule has 0 fully saturated rings. The monoisotopic (exact) mass is 229 g/mol. The molecule has 0 aliphatic carbocycles. The Balaban J connectivity index is 2.74. The summed E-state index contributed by atoms with van der Waals surface area (Å²) < 4.78 is 7.28. The van der Waals surface area contributed by atoms with Gasteiger partial charge >= 0.3 is 0 Å². The van der Waals surface area contributed by atoms with Crippen molar-refractivity contribution in [3.63, 3.8) is 0 Å². The van der Waals surface area contributed by atoms with Gasteiger partial charge in [0.1, 0.15) is 0 Å². The highest BCUT2D eigenvalue weighted by Gasteiger charge is 2.09. The first-order valence-electron chi connectivity index (χ1n) is 3.36. The Morgan fingerprint density at radius 1 is 1.92 bits per heavy atom. The van der Waals surface area contributed by atoms with Gasteiger partial charge in [0.15, 0.2) is 6.04 Å². The van der Waals surface area contributed by atoms with Crippen molar-refractivity contribution in [1.82, 2.24) is 9.78 Å². The van der Waals surface area contributed by atoms with Gasteiger partial charge in [-0.1, -0.05) is 0 Å². The summed E-state index contributed by atoms with van der Waals surface area (Å²) in [6.45, 7) is 0.352. The lowest BCUT2D eigenvalue weighted by molar-refractivity contribution is 0.169. The summed E-state index contributed by atoms with van der Waals surface area (Å²) in [5.41, 5.74) is 0. The fourth-order valence-corrected chi connectivity index (χ4v) is 1.12. The summed E-state index contributed by atoms with van der Waals surface area (Å²) in [6.07, 6.45) is 3.38. The summed E-state index contributed by atoms with van der Waals surface area (Å²) >= 11 is 3.25. The van der Waals surface area contributed by atoms with Gasteiger partial charge in [-0.2, -0.15) is 10.4 Å². The maximum Gasteiger partial charge on any atom is 0.161 e. The predicted molar refractivity (Wildman–Crippen MR) is 46.5 cm³/mol. The largest absolute Gasteiger partial charge is 0.381 e. The molecular weight excluding hydrogens is 222 g/mol. The van der Waals surface area contributed by atoms with E-state index in [1.165, 1.54) is 0 Å². The molecule has 0 radical (unpaired) electrons. The van der Waals surface area contributed by atoms with E-state index in [2.05, 4.69) is 27.1 Å². The Hall–Kier alpha value is -0.860. The molecule has 5 heteroatoms. The highest BCUT2D eigenvalue weighted by atomic mass is 79.9. The zero-order valence-corrected chi connectivity index (χ0v) is 8.15. The molecule has 4 nitrogen and oxygen atoms in total. The van der Waals surface area contributed by atoms with E-state index in [4.69, 9.17) is 10.00 Å². The summed E-state index contributed by atoms with van der Waals surface area (Å²) in [5.74, 6) is 0. The lowest BCUT2D eigenvalue weighted by Crippen LogP contribution is -2.12. The summed E-state index contributed by atoms with van der Waals surface area (Å²) in [6, 6.07) is 1.74. The zero-order valence-electron chi connectivity index (χ0n) is 6.57. The fraction of sp³-hybridized carbons (Fsp3) is 0.429. The van der Waals surface area contributed by atoms with Gasteiger partial charge in [-0.15, -0.1) is 0 Å². The molecule has 0 saturated heterocycles. The van der Waals surface area contributed by atoms with Crippen LogP contribution in [0, 0.1) is 11.3 Å². The van der Waals surface area contributed by atoms with Gasteiger partial charge in [0, 0.05) is 13.3 Å². The van der Waals surface area contributed by atoms with Gasteiger partial charge in [0.25, 0.3) is 0 Å².